The highest BCUT2D eigenvalue weighted by molar-refractivity contribution is 7.87. The van der Waals surface area contributed by atoms with Gasteiger partial charge in [0.1, 0.15) is 22.1 Å². The Morgan fingerprint density at radius 3 is 2.29 bits per heavy atom. The van der Waals surface area contributed by atoms with Crippen molar-refractivity contribution in [1.82, 2.24) is 0 Å². The summed E-state index contributed by atoms with van der Waals surface area (Å²) in [4.78, 5) is 12.0. The summed E-state index contributed by atoms with van der Waals surface area (Å²) < 4.78 is 29.5. The van der Waals surface area contributed by atoms with Gasteiger partial charge in [-0.15, -0.1) is 0 Å². The van der Waals surface area contributed by atoms with Gasteiger partial charge >= 0.3 is 10.1 Å². The number of carbonyl (C=O) groups excluding carboxylic acids is 1. The first-order chi connectivity index (χ1) is 13.3. The van der Waals surface area contributed by atoms with Crippen molar-refractivity contribution < 1.29 is 27.6 Å². The molecule has 0 atom stereocenters. The van der Waals surface area contributed by atoms with Gasteiger partial charge in [-0.05, 0) is 54.6 Å². The molecule has 0 radical (unpaired) electrons. The molecule has 7 heteroatoms. The standard InChI is InChI=1S/C21H16O6S/c22-17-5-3-6-19(14-17)28(25,26)27-18-11-8-16(9-12-18)21(24)13-10-15-4-1-2-7-20(15)23/h1-14,22-23H/b13-10+. The van der Waals surface area contributed by atoms with Gasteiger partial charge in [-0.2, -0.15) is 8.42 Å². The summed E-state index contributed by atoms with van der Waals surface area (Å²) in [5, 5.41) is 19.1. The van der Waals surface area contributed by atoms with Crippen LogP contribution in [0.3, 0.4) is 0 Å². The second-order valence-corrected chi connectivity index (χ2v) is 7.36. The monoisotopic (exact) mass is 396 g/mol. The van der Waals surface area contributed by atoms with E-state index in [0.717, 1.165) is 6.07 Å². The van der Waals surface area contributed by atoms with Crippen LogP contribution in [0.15, 0.2) is 83.8 Å². The molecule has 0 saturated carbocycles. The number of ketones is 1. The second kappa shape index (κ2) is 7.98. The van der Waals surface area contributed by atoms with Crippen molar-refractivity contribution in [2.45, 2.75) is 4.90 Å². The molecule has 2 N–H and O–H groups in total. The van der Waals surface area contributed by atoms with Crippen LogP contribution in [-0.4, -0.2) is 24.4 Å². The molecule has 0 aliphatic carbocycles. The zero-order valence-electron chi connectivity index (χ0n) is 14.5. The summed E-state index contributed by atoms with van der Waals surface area (Å²) in [6.45, 7) is 0. The third kappa shape index (κ3) is 4.57. The summed E-state index contributed by atoms with van der Waals surface area (Å²) in [6, 6.07) is 17.3. The third-order valence-corrected chi connectivity index (χ3v) is 5.05. The van der Waals surface area contributed by atoms with Crippen molar-refractivity contribution >= 4 is 22.0 Å². The summed E-state index contributed by atoms with van der Waals surface area (Å²) in [7, 11) is -4.11. The van der Waals surface area contributed by atoms with E-state index in [9.17, 15) is 23.4 Å². The number of phenolic OH excluding ortho intramolecular Hbond substituents is 2. The first kappa shape index (κ1) is 19.2. The van der Waals surface area contributed by atoms with Gasteiger partial charge in [0, 0.05) is 17.2 Å². The smallest absolute Gasteiger partial charge is 0.339 e. The average Bonchev–Trinajstić information content (AvgIpc) is 2.67. The molecule has 28 heavy (non-hydrogen) atoms. The fraction of sp³-hybridized carbons (Fsp3) is 0. The number of rotatable bonds is 6. The molecular weight excluding hydrogens is 380 g/mol. The zero-order chi connectivity index (χ0) is 20.1. The van der Waals surface area contributed by atoms with Crippen molar-refractivity contribution in [2.75, 3.05) is 0 Å². The molecule has 0 aromatic heterocycles. The molecule has 0 unspecified atom stereocenters. The Balaban J connectivity index is 1.73. The van der Waals surface area contributed by atoms with Gasteiger partial charge in [-0.25, -0.2) is 0 Å². The zero-order valence-corrected chi connectivity index (χ0v) is 15.3. The fourth-order valence-electron chi connectivity index (χ4n) is 2.38. The highest BCUT2D eigenvalue weighted by atomic mass is 32.2. The van der Waals surface area contributed by atoms with Crippen LogP contribution in [0.4, 0.5) is 0 Å². The van der Waals surface area contributed by atoms with Gasteiger partial charge in [0.05, 0.1) is 0 Å². The van der Waals surface area contributed by atoms with E-state index in [1.807, 2.05) is 0 Å². The maximum atomic E-state index is 12.2. The van der Waals surface area contributed by atoms with Gasteiger partial charge in [-0.3, -0.25) is 4.79 Å². The Bertz CT molecular complexity index is 1130. The lowest BCUT2D eigenvalue weighted by Crippen LogP contribution is -2.09. The number of hydrogen-bond donors (Lipinski definition) is 2. The predicted molar refractivity (Wildman–Crippen MR) is 104 cm³/mol. The van der Waals surface area contributed by atoms with Crippen molar-refractivity contribution in [3.05, 3.63) is 90.0 Å². The molecule has 0 fully saturated rings. The molecule has 0 aliphatic rings. The van der Waals surface area contributed by atoms with Gasteiger partial charge in [0.2, 0.25) is 0 Å². The van der Waals surface area contributed by atoms with E-state index in [-0.39, 0.29) is 27.9 Å². The molecule has 3 aromatic rings. The minimum absolute atomic E-state index is 0.0320. The fourth-order valence-corrected chi connectivity index (χ4v) is 3.35. The quantitative estimate of drug-likeness (QED) is 0.374. The lowest BCUT2D eigenvalue weighted by molar-refractivity contribution is 0.104. The number of phenols is 2. The Morgan fingerprint density at radius 2 is 1.61 bits per heavy atom. The molecule has 142 valence electrons. The van der Waals surface area contributed by atoms with E-state index >= 15 is 0 Å². The predicted octanol–water partition coefficient (Wildman–Crippen LogP) is 3.76. The highest BCUT2D eigenvalue weighted by Gasteiger charge is 2.17. The number of para-hydroxylation sites is 1. The molecule has 0 bridgehead atoms. The van der Waals surface area contributed by atoms with Crippen LogP contribution in [0.2, 0.25) is 0 Å². The van der Waals surface area contributed by atoms with Gasteiger partial charge < -0.3 is 14.4 Å². The summed E-state index contributed by atoms with van der Waals surface area (Å²) in [5.74, 6) is -0.412. The Morgan fingerprint density at radius 1 is 0.893 bits per heavy atom. The van der Waals surface area contributed by atoms with Gasteiger partial charge in [0.25, 0.3) is 0 Å². The number of hydrogen-bond acceptors (Lipinski definition) is 6. The molecule has 0 heterocycles. The van der Waals surface area contributed by atoms with Crippen LogP contribution in [0.25, 0.3) is 6.08 Å². The Hall–Kier alpha value is -3.58. The SMILES string of the molecule is O=C(/C=C/c1ccccc1O)c1ccc(OS(=O)(=O)c2cccc(O)c2)cc1. The number of aromatic hydroxyl groups is 2. The van der Waals surface area contributed by atoms with Crippen molar-refractivity contribution in [2.24, 2.45) is 0 Å². The number of allylic oxidation sites excluding steroid dienone is 1. The third-order valence-electron chi connectivity index (χ3n) is 3.80. The number of benzene rings is 3. The minimum Gasteiger partial charge on any atom is -0.508 e. The van der Waals surface area contributed by atoms with Crippen molar-refractivity contribution in [3.8, 4) is 17.2 Å². The first-order valence-corrected chi connectivity index (χ1v) is 9.60. The van der Waals surface area contributed by atoms with Crippen LogP contribution < -0.4 is 4.18 Å². The average molecular weight is 396 g/mol. The van der Waals surface area contributed by atoms with Gasteiger partial charge in [0.15, 0.2) is 5.78 Å². The van der Waals surface area contributed by atoms with Crippen LogP contribution in [-0.2, 0) is 10.1 Å². The molecule has 6 nitrogen and oxygen atoms in total. The van der Waals surface area contributed by atoms with Crippen LogP contribution in [0.1, 0.15) is 15.9 Å². The molecule has 0 spiro atoms. The summed E-state index contributed by atoms with van der Waals surface area (Å²) in [6.07, 6.45) is 2.81. The maximum Gasteiger partial charge on any atom is 0.339 e. The van der Waals surface area contributed by atoms with Crippen molar-refractivity contribution in [1.29, 1.82) is 0 Å². The number of carbonyl (C=O) groups is 1. The van der Waals surface area contributed by atoms with E-state index in [4.69, 9.17) is 4.18 Å². The molecule has 3 aromatic carbocycles. The van der Waals surface area contributed by atoms with E-state index in [1.165, 1.54) is 60.7 Å². The Labute approximate surface area is 162 Å². The first-order valence-electron chi connectivity index (χ1n) is 8.19. The summed E-state index contributed by atoms with van der Waals surface area (Å²) in [5.41, 5.74) is 0.835. The lowest BCUT2D eigenvalue weighted by Gasteiger charge is -2.07. The molecule has 0 amide bonds. The van der Waals surface area contributed by atoms with E-state index < -0.39 is 10.1 Å². The molecule has 0 aliphatic heterocycles. The Kier molecular flexibility index (Phi) is 5.47. The highest BCUT2D eigenvalue weighted by Crippen LogP contribution is 2.22. The minimum atomic E-state index is -4.11. The summed E-state index contributed by atoms with van der Waals surface area (Å²) >= 11 is 0. The molecule has 0 saturated heterocycles. The maximum absolute atomic E-state index is 12.2. The normalized spacial score (nSPS) is 11.4. The van der Waals surface area contributed by atoms with E-state index in [2.05, 4.69) is 0 Å². The van der Waals surface area contributed by atoms with E-state index in [1.54, 1.807) is 18.2 Å². The van der Waals surface area contributed by atoms with Crippen LogP contribution in [0, 0.1) is 0 Å². The van der Waals surface area contributed by atoms with Gasteiger partial charge in [-0.1, -0.05) is 24.3 Å². The van der Waals surface area contributed by atoms with Crippen molar-refractivity contribution in [3.63, 3.8) is 0 Å². The molecule has 3 rings (SSSR count). The van der Waals surface area contributed by atoms with E-state index in [0.29, 0.717) is 11.1 Å². The second-order valence-electron chi connectivity index (χ2n) is 5.82. The largest absolute Gasteiger partial charge is 0.508 e. The van der Waals surface area contributed by atoms with Crippen LogP contribution in [0.5, 0.6) is 17.2 Å². The lowest BCUT2D eigenvalue weighted by atomic mass is 10.1. The molecular formula is C21H16O6S. The van der Waals surface area contributed by atoms with Crippen LogP contribution >= 0.6 is 0 Å². The topological polar surface area (TPSA) is 101 Å².